The maximum Gasteiger partial charge on any atom is 0.416 e. The van der Waals surface area contributed by atoms with Gasteiger partial charge in [0, 0.05) is 24.4 Å². The number of hydrogen-bond donors (Lipinski definition) is 0. The van der Waals surface area contributed by atoms with Crippen LogP contribution in [0, 0.1) is 5.41 Å². The molecule has 0 N–H and O–H groups in total. The van der Waals surface area contributed by atoms with Crippen LogP contribution in [0.4, 0.5) is 13.2 Å². The summed E-state index contributed by atoms with van der Waals surface area (Å²) in [6.07, 6.45) is -0.949. The molecular formula is C24H29F3N2O2. The second kappa shape index (κ2) is 9.81. The molecule has 1 atom stereocenters. The first kappa shape index (κ1) is 23.3. The predicted molar refractivity (Wildman–Crippen MR) is 112 cm³/mol. The number of esters is 1. The van der Waals surface area contributed by atoms with E-state index in [0.717, 1.165) is 18.2 Å². The number of aromatic nitrogens is 1. The van der Waals surface area contributed by atoms with Gasteiger partial charge in [0.2, 0.25) is 0 Å². The molecule has 1 aliphatic heterocycles. The molecule has 1 saturated heterocycles. The molecule has 3 rings (SSSR count). The van der Waals surface area contributed by atoms with Gasteiger partial charge in [0.25, 0.3) is 0 Å². The fraction of sp³-hybridized carbons (Fsp3) is 0.500. The monoisotopic (exact) mass is 434 g/mol. The molecule has 0 unspecified atom stereocenters. The molecule has 1 aromatic carbocycles. The maximum absolute atomic E-state index is 13.5. The number of ether oxygens (including phenoxy) is 1. The van der Waals surface area contributed by atoms with Gasteiger partial charge < -0.3 is 9.64 Å². The number of likely N-dealkylation sites (tertiary alicyclic amines) is 1. The fourth-order valence-corrected chi connectivity index (χ4v) is 4.40. The number of hydrogen-bond acceptors (Lipinski definition) is 4. The van der Waals surface area contributed by atoms with Gasteiger partial charge in [-0.3, -0.25) is 9.78 Å². The number of pyridine rings is 1. The number of carbonyl (C=O) groups is 1. The van der Waals surface area contributed by atoms with Crippen molar-refractivity contribution in [3.63, 3.8) is 0 Å². The molecule has 1 fully saturated rings. The zero-order chi connectivity index (χ0) is 22.5. The van der Waals surface area contributed by atoms with Gasteiger partial charge >= 0.3 is 12.1 Å². The van der Waals surface area contributed by atoms with Crippen molar-refractivity contribution in [2.75, 3.05) is 19.7 Å². The Morgan fingerprint density at radius 3 is 2.45 bits per heavy atom. The van der Waals surface area contributed by atoms with E-state index in [1.807, 2.05) is 18.2 Å². The van der Waals surface area contributed by atoms with Crippen LogP contribution in [0.3, 0.4) is 0 Å². The largest absolute Gasteiger partial charge is 0.466 e. The van der Waals surface area contributed by atoms with Gasteiger partial charge in [-0.05, 0) is 70.0 Å². The number of carbonyl (C=O) groups excluding carboxylic acids is 1. The molecule has 7 heteroatoms. The third-order valence-electron chi connectivity index (χ3n) is 6.17. The minimum Gasteiger partial charge on any atom is -0.466 e. The van der Waals surface area contributed by atoms with E-state index in [-0.39, 0.29) is 24.6 Å². The van der Waals surface area contributed by atoms with Crippen LogP contribution in [-0.4, -0.2) is 41.6 Å². The molecule has 0 saturated carbocycles. The fourth-order valence-electron chi connectivity index (χ4n) is 4.40. The molecule has 1 aromatic heterocycles. The number of benzene rings is 1. The average molecular weight is 435 g/mol. The summed E-state index contributed by atoms with van der Waals surface area (Å²) >= 11 is 0. The van der Waals surface area contributed by atoms with Crippen molar-refractivity contribution in [3.8, 4) is 0 Å². The van der Waals surface area contributed by atoms with Crippen LogP contribution in [0.25, 0.3) is 0 Å². The highest BCUT2D eigenvalue weighted by molar-refractivity contribution is 5.77. The summed E-state index contributed by atoms with van der Waals surface area (Å²) in [5, 5.41) is 0. The molecule has 0 radical (unpaired) electrons. The number of nitrogens with zero attached hydrogens (tertiary/aromatic N) is 2. The lowest BCUT2D eigenvalue weighted by Gasteiger charge is -2.42. The second-order valence-electron chi connectivity index (χ2n) is 8.24. The lowest BCUT2D eigenvalue weighted by molar-refractivity contribution is -0.159. The summed E-state index contributed by atoms with van der Waals surface area (Å²) in [5.41, 5.74) is -0.475. The van der Waals surface area contributed by atoms with Gasteiger partial charge in [-0.2, -0.15) is 13.2 Å². The molecule has 0 bridgehead atoms. The lowest BCUT2D eigenvalue weighted by Crippen LogP contribution is -2.49. The Bertz CT molecular complexity index is 863. The van der Waals surface area contributed by atoms with Gasteiger partial charge in [-0.1, -0.05) is 24.3 Å². The van der Waals surface area contributed by atoms with Crippen molar-refractivity contribution in [1.82, 2.24) is 9.88 Å². The number of rotatable bonds is 7. The third kappa shape index (κ3) is 5.64. The molecule has 2 aromatic rings. The normalized spacial score (nSPS) is 17.8. The third-order valence-corrected chi connectivity index (χ3v) is 6.17. The number of piperidine rings is 1. The quantitative estimate of drug-likeness (QED) is 0.580. The Hall–Kier alpha value is -2.41. The number of halogens is 3. The zero-order valence-corrected chi connectivity index (χ0v) is 18.0. The number of alkyl halides is 3. The first-order valence-electron chi connectivity index (χ1n) is 10.7. The van der Waals surface area contributed by atoms with Crippen LogP contribution in [0.15, 0.2) is 48.7 Å². The van der Waals surface area contributed by atoms with Crippen molar-refractivity contribution in [1.29, 1.82) is 0 Å². The highest BCUT2D eigenvalue weighted by Gasteiger charge is 2.45. The first-order chi connectivity index (χ1) is 14.7. The molecule has 1 aliphatic rings. The first-order valence-corrected chi connectivity index (χ1v) is 10.7. The molecule has 0 spiro atoms. The Balaban J connectivity index is 1.77. The van der Waals surface area contributed by atoms with Crippen molar-refractivity contribution < 1.29 is 22.7 Å². The van der Waals surface area contributed by atoms with Gasteiger partial charge in [-0.15, -0.1) is 0 Å². The molecule has 0 amide bonds. The van der Waals surface area contributed by atoms with E-state index in [0.29, 0.717) is 25.9 Å². The minimum atomic E-state index is -4.45. The summed E-state index contributed by atoms with van der Waals surface area (Å²) in [6, 6.07) is 11.6. The Kier molecular flexibility index (Phi) is 7.36. The summed E-state index contributed by atoms with van der Waals surface area (Å²) in [7, 11) is 0. The van der Waals surface area contributed by atoms with Crippen LogP contribution >= 0.6 is 0 Å². The van der Waals surface area contributed by atoms with Crippen molar-refractivity contribution >= 4 is 5.97 Å². The van der Waals surface area contributed by atoms with E-state index in [9.17, 15) is 18.0 Å². The van der Waals surface area contributed by atoms with E-state index < -0.39 is 23.1 Å². The smallest absolute Gasteiger partial charge is 0.416 e. The second-order valence-corrected chi connectivity index (χ2v) is 8.24. The van der Waals surface area contributed by atoms with Crippen LogP contribution in [0.5, 0.6) is 0 Å². The summed E-state index contributed by atoms with van der Waals surface area (Å²) in [4.78, 5) is 19.6. The van der Waals surface area contributed by atoms with Crippen molar-refractivity contribution in [3.05, 3.63) is 65.5 Å². The van der Waals surface area contributed by atoms with E-state index in [1.165, 1.54) is 12.1 Å². The van der Waals surface area contributed by atoms with Crippen LogP contribution < -0.4 is 0 Å². The van der Waals surface area contributed by atoms with Crippen molar-refractivity contribution in [2.24, 2.45) is 5.41 Å². The highest BCUT2D eigenvalue weighted by atomic mass is 19.4. The van der Waals surface area contributed by atoms with Crippen LogP contribution in [0.2, 0.25) is 0 Å². The SMILES string of the molecule is CCOC(=O)C1(Cc2ccccc2C(F)(F)F)CCN([C@@H](C)Cc2ccccn2)CC1. The molecule has 0 aliphatic carbocycles. The van der Waals surface area contributed by atoms with E-state index in [2.05, 4.69) is 16.8 Å². The Morgan fingerprint density at radius 2 is 1.84 bits per heavy atom. The summed E-state index contributed by atoms with van der Waals surface area (Å²) in [5.74, 6) is -0.399. The van der Waals surface area contributed by atoms with E-state index >= 15 is 0 Å². The minimum absolute atomic E-state index is 0.0317. The Morgan fingerprint density at radius 1 is 1.16 bits per heavy atom. The molecule has 168 valence electrons. The standard InChI is InChI=1S/C24H29F3N2O2/c1-3-31-22(30)23(17-19-8-4-5-10-21(19)24(25,26)27)11-14-29(15-12-23)18(2)16-20-9-6-7-13-28-20/h4-10,13,18H,3,11-12,14-17H2,1-2H3/t18-/m0/s1. The molecule has 2 heterocycles. The van der Waals surface area contributed by atoms with Gasteiger partial charge in [0.15, 0.2) is 0 Å². The molecule has 31 heavy (non-hydrogen) atoms. The topological polar surface area (TPSA) is 42.4 Å². The van der Waals surface area contributed by atoms with E-state index in [4.69, 9.17) is 4.74 Å². The zero-order valence-electron chi connectivity index (χ0n) is 18.0. The van der Waals surface area contributed by atoms with Gasteiger partial charge in [-0.25, -0.2) is 0 Å². The van der Waals surface area contributed by atoms with Crippen LogP contribution in [0.1, 0.15) is 43.5 Å². The predicted octanol–water partition coefficient (Wildman–Crippen LogP) is 4.92. The molecular weight excluding hydrogens is 405 g/mol. The summed E-state index contributed by atoms with van der Waals surface area (Å²) < 4.78 is 45.9. The van der Waals surface area contributed by atoms with Gasteiger partial charge in [0.05, 0.1) is 17.6 Å². The molecule has 4 nitrogen and oxygen atoms in total. The van der Waals surface area contributed by atoms with Gasteiger partial charge in [0.1, 0.15) is 0 Å². The van der Waals surface area contributed by atoms with E-state index in [1.54, 1.807) is 19.2 Å². The van der Waals surface area contributed by atoms with Crippen molar-refractivity contribution in [2.45, 2.75) is 51.7 Å². The maximum atomic E-state index is 13.5. The average Bonchev–Trinajstić information content (AvgIpc) is 2.74. The van der Waals surface area contributed by atoms with Crippen LogP contribution in [-0.2, 0) is 28.5 Å². The Labute approximate surface area is 181 Å². The summed E-state index contributed by atoms with van der Waals surface area (Å²) in [6.45, 7) is 5.30. The highest BCUT2D eigenvalue weighted by Crippen LogP contribution is 2.41. The lowest BCUT2D eigenvalue weighted by atomic mass is 9.72.